The van der Waals surface area contributed by atoms with Crippen molar-refractivity contribution in [3.63, 3.8) is 0 Å². The van der Waals surface area contributed by atoms with Crippen molar-refractivity contribution < 1.29 is 9.53 Å². The van der Waals surface area contributed by atoms with Gasteiger partial charge < -0.3 is 4.74 Å². The number of rotatable bonds is 4. The average molecular weight is 345 g/mol. The van der Waals surface area contributed by atoms with Crippen LogP contribution in [0.3, 0.4) is 0 Å². The van der Waals surface area contributed by atoms with Gasteiger partial charge in [-0.1, -0.05) is 34.1 Å². The summed E-state index contributed by atoms with van der Waals surface area (Å²) in [7, 11) is 0. The number of Topliss-reactive ketones (excluding diaryl/α,β-unsaturated/α-hetero) is 1. The second kappa shape index (κ2) is 6.02. The quantitative estimate of drug-likeness (QED) is 0.750. The molecular weight excluding hydrogens is 328 g/mol. The van der Waals surface area contributed by atoms with E-state index in [0.29, 0.717) is 17.9 Å². The van der Waals surface area contributed by atoms with Crippen LogP contribution in [0.15, 0.2) is 40.9 Å². The summed E-state index contributed by atoms with van der Waals surface area (Å²) < 4.78 is 6.79. The Balaban J connectivity index is 1.78. The van der Waals surface area contributed by atoms with E-state index in [-0.39, 0.29) is 5.78 Å². The Kier molecular flexibility index (Phi) is 4.11. The molecule has 0 heterocycles. The fourth-order valence-electron chi connectivity index (χ4n) is 2.78. The van der Waals surface area contributed by atoms with Crippen LogP contribution in [0, 0.1) is 0 Å². The summed E-state index contributed by atoms with van der Waals surface area (Å²) in [5, 5.41) is 0. The summed E-state index contributed by atoms with van der Waals surface area (Å²) in [5.74, 6) is 0.656. The minimum absolute atomic E-state index is 0.0199. The van der Waals surface area contributed by atoms with Crippen molar-refractivity contribution in [2.24, 2.45) is 0 Å². The first-order valence-corrected chi connectivity index (χ1v) is 7.97. The van der Waals surface area contributed by atoms with Crippen LogP contribution in [-0.2, 0) is 19.4 Å². The third-order valence-electron chi connectivity index (χ3n) is 3.88. The lowest BCUT2D eigenvalue weighted by Gasteiger charge is -2.11. The van der Waals surface area contributed by atoms with Crippen LogP contribution in [0.1, 0.15) is 40.4 Å². The fourth-order valence-corrected chi connectivity index (χ4v) is 3.12. The number of fused-ring (bicyclic) bond motifs is 1. The largest absolute Gasteiger partial charge is 0.488 e. The van der Waals surface area contributed by atoms with Crippen LogP contribution in [-0.4, -0.2) is 5.78 Å². The van der Waals surface area contributed by atoms with Crippen molar-refractivity contribution in [1.82, 2.24) is 0 Å². The highest BCUT2D eigenvalue weighted by atomic mass is 79.9. The molecule has 0 aliphatic heterocycles. The Bertz CT molecular complexity index is 692. The fraction of sp³-hybridized carbons (Fsp3) is 0.278. The van der Waals surface area contributed by atoms with Crippen LogP contribution in [0.5, 0.6) is 5.75 Å². The Labute approximate surface area is 133 Å². The number of ketones is 1. The van der Waals surface area contributed by atoms with Gasteiger partial charge in [-0.2, -0.15) is 0 Å². The summed E-state index contributed by atoms with van der Waals surface area (Å²) in [6, 6.07) is 12.1. The second-order valence-corrected chi connectivity index (χ2v) is 6.36. The summed E-state index contributed by atoms with van der Waals surface area (Å²) in [5.41, 5.74) is 4.69. The van der Waals surface area contributed by atoms with E-state index in [1.807, 2.05) is 12.1 Å². The standard InChI is InChI=1S/C18H17BrO2/c1-12(20)17-8-7-16(19)10-18(17)21-11-13-5-6-14-3-2-4-15(14)9-13/h5-10H,2-4,11H2,1H3. The number of aryl methyl sites for hydroxylation is 2. The SMILES string of the molecule is CC(=O)c1ccc(Br)cc1OCc1ccc2c(c1)CCC2. The Morgan fingerprint density at radius 2 is 1.95 bits per heavy atom. The molecule has 0 bridgehead atoms. The van der Waals surface area contributed by atoms with Crippen LogP contribution in [0.2, 0.25) is 0 Å². The predicted molar refractivity (Wildman–Crippen MR) is 86.9 cm³/mol. The molecule has 0 amide bonds. The number of carbonyl (C=O) groups excluding carboxylic acids is 1. The highest BCUT2D eigenvalue weighted by Crippen LogP contribution is 2.27. The van der Waals surface area contributed by atoms with Gasteiger partial charge in [0.25, 0.3) is 0 Å². The molecule has 0 saturated carbocycles. The second-order valence-electron chi connectivity index (χ2n) is 5.44. The van der Waals surface area contributed by atoms with Gasteiger partial charge in [-0.3, -0.25) is 4.79 Å². The van der Waals surface area contributed by atoms with Gasteiger partial charge in [0.15, 0.2) is 5.78 Å². The maximum Gasteiger partial charge on any atom is 0.163 e. The van der Waals surface area contributed by atoms with Crippen molar-refractivity contribution >= 4 is 21.7 Å². The Hall–Kier alpha value is -1.61. The van der Waals surface area contributed by atoms with Gasteiger partial charge in [-0.05, 0) is 61.1 Å². The molecule has 2 aromatic rings. The number of ether oxygens (including phenoxy) is 1. The normalized spacial score (nSPS) is 13.0. The van der Waals surface area contributed by atoms with E-state index in [4.69, 9.17) is 4.74 Å². The van der Waals surface area contributed by atoms with E-state index in [1.54, 1.807) is 13.0 Å². The Morgan fingerprint density at radius 3 is 2.76 bits per heavy atom. The minimum atomic E-state index is 0.0199. The molecule has 0 atom stereocenters. The predicted octanol–water partition coefficient (Wildman–Crippen LogP) is 4.72. The summed E-state index contributed by atoms with van der Waals surface area (Å²) in [4.78, 5) is 11.6. The molecule has 0 radical (unpaired) electrons. The van der Waals surface area contributed by atoms with Crippen molar-refractivity contribution in [1.29, 1.82) is 0 Å². The molecule has 0 N–H and O–H groups in total. The number of benzene rings is 2. The molecule has 0 unspecified atom stereocenters. The van der Waals surface area contributed by atoms with Crippen molar-refractivity contribution in [3.05, 3.63) is 63.1 Å². The molecule has 1 aliphatic carbocycles. The van der Waals surface area contributed by atoms with Gasteiger partial charge in [0.1, 0.15) is 12.4 Å². The van der Waals surface area contributed by atoms with E-state index in [1.165, 1.54) is 30.4 Å². The highest BCUT2D eigenvalue weighted by Gasteiger charge is 2.12. The van der Waals surface area contributed by atoms with Gasteiger partial charge in [0, 0.05) is 4.47 Å². The Morgan fingerprint density at radius 1 is 1.14 bits per heavy atom. The first kappa shape index (κ1) is 14.3. The van der Waals surface area contributed by atoms with Crippen LogP contribution >= 0.6 is 15.9 Å². The number of hydrogen-bond acceptors (Lipinski definition) is 2. The molecule has 2 aromatic carbocycles. The summed E-state index contributed by atoms with van der Waals surface area (Å²) in [6.45, 7) is 2.05. The summed E-state index contributed by atoms with van der Waals surface area (Å²) >= 11 is 3.42. The smallest absolute Gasteiger partial charge is 0.163 e. The van der Waals surface area contributed by atoms with E-state index in [2.05, 4.69) is 34.1 Å². The molecular formula is C18H17BrO2. The van der Waals surface area contributed by atoms with Crippen molar-refractivity contribution in [2.45, 2.75) is 32.8 Å². The molecule has 2 nitrogen and oxygen atoms in total. The molecule has 0 spiro atoms. The molecule has 3 rings (SSSR count). The first-order chi connectivity index (χ1) is 10.1. The summed E-state index contributed by atoms with van der Waals surface area (Å²) in [6.07, 6.45) is 3.61. The van der Waals surface area contributed by atoms with Gasteiger partial charge in [-0.15, -0.1) is 0 Å². The first-order valence-electron chi connectivity index (χ1n) is 7.17. The molecule has 0 saturated heterocycles. The van der Waals surface area contributed by atoms with Crippen LogP contribution in [0.25, 0.3) is 0 Å². The van der Waals surface area contributed by atoms with E-state index in [9.17, 15) is 4.79 Å². The minimum Gasteiger partial charge on any atom is -0.488 e. The van der Waals surface area contributed by atoms with Crippen molar-refractivity contribution in [2.75, 3.05) is 0 Å². The third kappa shape index (κ3) is 3.18. The number of hydrogen-bond donors (Lipinski definition) is 0. The molecule has 1 aliphatic rings. The highest BCUT2D eigenvalue weighted by molar-refractivity contribution is 9.10. The van der Waals surface area contributed by atoms with Gasteiger partial charge in [-0.25, -0.2) is 0 Å². The van der Waals surface area contributed by atoms with Gasteiger partial charge in [0.05, 0.1) is 5.56 Å². The number of carbonyl (C=O) groups is 1. The third-order valence-corrected chi connectivity index (χ3v) is 4.37. The van der Waals surface area contributed by atoms with E-state index >= 15 is 0 Å². The van der Waals surface area contributed by atoms with Crippen LogP contribution < -0.4 is 4.74 Å². The van der Waals surface area contributed by atoms with E-state index in [0.717, 1.165) is 10.0 Å². The molecule has 108 valence electrons. The molecule has 0 aromatic heterocycles. The zero-order valence-electron chi connectivity index (χ0n) is 12.0. The van der Waals surface area contributed by atoms with Gasteiger partial charge >= 0.3 is 0 Å². The zero-order valence-corrected chi connectivity index (χ0v) is 13.6. The van der Waals surface area contributed by atoms with E-state index < -0.39 is 0 Å². The lowest BCUT2D eigenvalue weighted by atomic mass is 10.1. The molecule has 0 fully saturated rings. The number of halogens is 1. The monoisotopic (exact) mass is 344 g/mol. The lowest BCUT2D eigenvalue weighted by Crippen LogP contribution is -2.02. The lowest BCUT2D eigenvalue weighted by molar-refractivity contribution is 0.101. The molecule has 21 heavy (non-hydrogen) atoms. The van der Waals surface area contributed by atoms with Crippen molar-refractivity contribution in [3.8, 4) is 5.75 Å². The maximum atomic E-state index is 11.6. The maximum absolute atomic E-state index is 11.6. The zero-order chi connectivity index (χ0) is 14.8. The molecule has 3 heteroatoms. The topological polar surface area (TPSA) is 26.3 Å². The average Bonchev–Trinajstić information content (AvgIpc) is 2.92. The van der Waals surface area contributed by atoms with Gasteiger partial charge in [0.2, 0.25) is 0 Å². The van der Waals surface area contributed by atoms with Crippen LogP contribution in [0.4, 0.5) is 0 Å².